The van der Waals surface area contributed by atoms with Gasteiger partial charge in [-0.25, -0.2) is 0 Å². The number of hydrogen-bond acceptors (Lipinski definition) is 1. The summed E-state index contributed by atoms with van der Waals surface area (Å²) < 4.78 is 0. The van der Waals surface area contributed by atoms with Gasteiger partial charge < -0.3 is 10.7 Å². The highest BCUT2D eigenvalue weighted by Crippen LogP contribution is 2.24. The number of nitrogens with two attached hydrogens (primary N) is 1. The fourth-order valence-corrected chi connectivity index (χ4v) is 2.81. The molecule has 0 bridgehead atoms. The Labute approximate surface area is 119 Å². The van der Waals surface area contributed by atoms with Gasteiger partial charge in [-0.2, -0.15) is 0 Å². The van der Waals surface area contributed by atoms with Crippen molar-refractivity contribution < 1.29 is 0 Å². The molecule has 0 saturated carbocycles. The van der Waals surface area contributed by atoms with Gasteiger partial charge in [-0.05, 0) is 42.5 Å². The summed E-state index contributed by atoms with van der Waals surface area (Å²) in [5, 5.41) is 1.33. The summed E-state index contributed by atoms with van der Waals surface area (Å²) >= 11 is 0. The molecule has 1 atom stereocenters. The molecular formula is C18H20N2. The van der Waals surface area contributed by atoms with Gasteiger partial charge in [0.1, 0.15) is 0 Å². The maximum absolute atomic E-state index is 5.95. The van der Waals surface area contributed by atoms with Crippen molar-refractivity contribution in [3.05, 3.63) is 71.9 Å². The minimum Gasteiger partial charge on any atom is -0.361 e. The van der Waals surface area contributed by atoms with Gasteiger partial charge in [-0.15, -0.1) is 0 Å². The van der Waals surface area contributed by atoms with Gasteiger partial charge in [0.25, 0.3) is 0 Å². The van der Waals surface area contributed by atoms with Crippen molar-refractivity contribution in [2.75, 3.05) is 6.54 Å². The Kier molecular flexibility index (Phi) is 3.84. The Morgan fingerprint density at radius 1 is 0.950 bits per heavy atom. The number of aromatic amines is 1. The van der Waals surface area contributed by atoms with Gasteiger partial charge in [0.05, 0.1) is 0 Å². The Morgan fingerprint density at radius 3 is 2.50 bits per heavy atom. The van der Waals surface area contributed by atoms with Crippen molar-refractivity contribution in [3.63, 3.8) is 0 Å². The summed E-state index contributed by atoms with van der Waals surface area (Å²) in [6, 6.07) is 19.0. The lowest BCUT2D eigenvalue weighted by Crippen LogP contribution is -2.13. The normalized spacial score (nSPS) is 12.7. The van der Waals surface area contributed by atoms with Crippen LogP contribution in [0.4, 0.5) is 0 Å². The number of benzene rings is 2. The number of nitrogens with one attached hydrogen (secondary N) is 1. The third-order valence-corrected chi connectivity index (χ3v) is 3.99. The smallest absolute Gasteiger partial charge is 0.0456 e. The minimum absolute atomic E-state index is 0.435. The molecule has 102 valence electrons. The highest BCUT2D eigenvalue weighted by molar-refractivity contribution is 5.83. The zero-order valence-corrected chi connectivity index (χ0v) is 11.5. The van der Waals surface area contributed by atoms with E-state index in [0.29, 0.717) is 12.5 Å². The molecule has 0 aliphatic rings. The Balaban J connectivity index is 1.75. The molecular weight excluding hydrogens is 244 g/mol. The monoisotopic (exact) mass is 264 g/mol. The molecule has 3 rings (SSSR count). The summed E-state index contributed by atoms with van der Waals surface area (Å²) in [4.78, 5) is 3.34. The average Bonchev–Trinajstić information content (AvgIpc) is 2.92. The summed E-state index contributed by atoms with van der Waals surface area (Å²) in [7, 11) is 0. The van der Waals surface area contributed by atoms with E-state index in [9.17, 15) is 0 Å². The largest absolute Gasteiger partial charge is 0.361 e. The van der Waals surface area contributed by atoms with Crippen molar-refractivity contribution in [1.29, 1.82) is 0 Å². The summed E-state index contributed by atoms with van der Waals surface area (Å²) in [5.74, 6) is 0.435. The third kappa shape index (κ3) is 2.61. The van der Waals surface area contributed by atoms with E-state index in [4.69, 9.17) is 5.73 Å². The van der Waals surface area contributed by atoms with E-state index in [0.717, 1.165) is 12.8 Å². The lowest BCUT2D eigenvalue weighted by molar-refractivity contribution is 0.635. The lowest BCUT2D eigenvalue weighted by atomic mass is 9.92. The Morgan fingerprint density at radius 2 is 1.70 bits per heavy atom. The molecule has 1 unspecified atom stereocenters. The second-order valence-corrected chi connectivity index (χ2v) is 5.24. The molecule has 1 heterocycles. The van der Waals surface area contributed by atoms with Crippen LogP contribution < -0.4 is 5.73 Å². The number of hydrogen-bond donors (Lipinski definition) is 2. The number of aromatic nitrogens is 1. The molecule has 0 aliphatic heterocycles. The van der Waals surface area contributed by atoms with E-state index < -0.39 is 0 Å². The Bertz CT molecular complexity index is 670. The average molecular weight is 264 g/mol. The van der Waals surface area contributed by atoms with Crippen LogP contribution in [0.5, 0.6) is 0 Å². The van der Waals surface area contributed by atoms with Gasteiger partial charge >= 0.3 is 0 Å². The highest BCUT2D eigenvalue weighted by atomic mass is 14.7. The van der Waals surface area contributed by atoms with Crippen LogP contribution in [-0.2, 0) is 6.42 Å². The molecule has 0 aliphatic carbocycles. The fraction of sp³-hybridized carbons (Fsp3) is 0.222. The maximum Gasteiger partial charge on any atom is 0.0456 e. The van der Waals surface area contributed by atoms with Crippen molar-refractivity contribution in [1.82, 2.24) is 4.98 Å². The number of H-pyrrole nitrogens is 1. The molecule has 1 aromatic heterocycles. The SMILES string of the molecule is NCC(CCc1c[nH]c2ccccc12)c1ccccc1. The molecule has 0 fully saturated rings. The molecule has 0 amide bonds. The van der Waals surface area contributed by atoms with Crippen LogP contribution in [0.15, 0.2) is 60.8 Å². The van der Waals surface area contributed by atoms with Crippen LogP contribution in [0.1, 0.15) is 23.5 Å². The first-order valence-corrected chi connectivity index (χ1v) is 7.18. The van der Waals surface area contributed by atoms with E-state index >= 15 is 0 Å². The molecule has 3 aromatic rings. The first-order chi connectivity index (χ1) is 9.88. The number of fused-ring (bicyclic) bond motifs is 1. The lowest BCUT2D eigenvalue weighted by Gasteiger charge is -2.14. The van der Waals surface area contributed by atoms with Crippen LogP contribution in [0.25, 0.3) is 10.9 Å². The van der Waals surface area contributed by atoms with Crippen molar-refractivity contribution in [2.24, 2.45) is 5.73 Å². The van der Waals surface area contributed by atoms with Crippen molar-refractivity contribution in [3.8, 4) is 0 Å². The molecule has 2 nitrogen and oxygen atoms in total. The predicted octanol–water partition coefficient (Wildman–Crippen LogP) is 3.84. The standard InChI is InChI=1S/C18H20N2/c19-12-15(14-6-2-1-3-7-14)10-11-16-13-20-18-9-5-4-8-17(16)18/h1-9,13,15,20H,10-12,19H2. The van der Waals surface area contributed by atoms with Crippen molar-refractivity contribution >= 4 is 10.9 Å². The van der Waals surface area contributed by atoms with E-state index in [1.807, 2.05) is 0 Å². The van der Waals surface area contributed by atoms with E-state index in [1.165, 1.54) is 22.0 Å². The van der Waals surface area contributed by atoms with Gasteiger partial charge in [0.15, 0.2) is 0 Å². The van der Waals surface area contributed by atoms with E-state index in [2.05, 4.69) is 65.8 Å². The van der Waals surface area contributed by atoms with Crippen LogP contribution in [0, 0.1) is 0 Å². The highest BCUT2D eigenvalue weighted by Gasteiger charge is 2.11. The first kappa shape index (κ1) is 12.9. The second kappa shape index (κ2) is 5.93. The van der Waals surface area contributed by atoms with E-state index in [-0.39, 0.29) is 0 Å². The zero-order valence-electron chi connectivity index (χ0n) is 11.5. The Hall–Kier alpha value is -2.06. The first-order valence-electron chi connectivity index (χ1n) is 7.18. The molecule has 0 saturated heterocycles. The molecule has 2 heteroatoms. The molecule has 0 radical (unpaired) electrons. The zero-order chi connectivity index (χ0) is 13.8. The van der Waals surface area contributed by atoms with Crippen molar-refractivity contribution in [2.45, 2.75) is 18.8 Å². The fourth-order valence-electron chi connectivity index (χ4n) is 2.81. The molecule has 3 N–H and O–H groups in total. The van der Waals surface area contributed by atoms with E-state index in [1.54, 1.807) is 0 Å². The number of rotatable bonds is 5. The molecule has 20 heavy (non-hydrogen) atoms. The summed E-state index contributed by atoms with van der Waals surface area (Å²) in [6.45, 7) is 0.701. The minimum atomic E-state index is 0.435. The van der Waals surface area contributed by atoms with Crippen LogP contribution in [0.3, 0.4) is 0 Å². The van der Waals surface area contributed by atoms with Gasteiger partial charge in [0.2, 0.25) is 0 Å². The third-order valence-electron chi connectivity index (χ3n) is 3.99. The molecule has 2 aromatic carbocycles. The second-order valence-electron chi connectivity index (χ2n) is 5.24. The molecule has 0 spiro atoms. The summed E-state index contributed by atoms with van der Waals surface area (Å²) in [6.07, 6.45) is 4.27. The maximum atomic E-state index is 5.95. The topological polar surface area (TPSA) is 41.8 Å². The van der Waals surface area contributed by atoms with Gasteiger partial charge in [0, 0.05) is 17.1 Å². The van der Waals surface area contributed by atoms with Crippen LogP contribution in [-0.4, -0.2) is 11.5 Å². The predicted molar refractivity (Wildman–Crippen MR) is 84.9 cm³/mol. The number of aryl methyl sites for hydroxylation is 1. The number of para-hydroxylation sites is 1. The van der Waals surface area contributed by atoms with Crippen LogP contribution >= 0.6 is 0 Å². The van der Waals surface area contributed by atoms with Gasteiger partial charge in [-0.3, -0.25) is 0 Å². The van der Waals surface area contributed by atoms with Gasteiger partial charge in [-0.1, -0.05) is 48.5 Å². The quantitative estimate of drug-likeness (QED) is 0.722. The van der Waals surface area contributed by atoms with Crippen LogP contribution in [0.2, 0.25) is 0 Å². The summed E-state index contributed by atoms with van der Waals surface area (Å²) in [5.41, 5.74) is 9.89.